The second-order valence-corrected chi connectivity index (χ2v) is 6.39. The van der Waals surface area contributed by atoms with Gasteiger partial charge in [0.1, 0.15) is 6.04 Å². The monoisotopic (exact) mass is 398 g/mol. The number of carbonyl (C=O) groups is 1. The van der Waals surface area contributed by atoms with E-state index in [2.05, 4.69) is 20.5 Å². The number of anilines is 1. The number of nitrogens with one attached hydrogen (secondary N) is 2. The average molecular weight is 399 g/mol. The summed E-state index contributed by atoms with van der Waals surface area (Å²) in [5.41, 5.74) is 0.989. The molecule has 0 radical (unpaired) electrons. The smallest absolute Gasteiger partial charge is 0.245 e. The lowest BCUT2D eigenvalue weighted by atomic mass is 10.1. The van der Waals surface area contributed by atoms with Crippen LogP contribution in [0.1, 0.15) is 12.6 Å². The van der Waals surface area contributed by atoms with Gasteiger partial charge in [-0.1, -0.05) is 0 Å². The van der Waals surface area contributed by atoms with Gasteiger partial charge in [0.15, 0.2) is 5.13 Å². The summed E-state index contributed by atoms with van der Waals surface area (Å²) in [4.78, 5) is 19.1. The summed E-state index contributed by atoms with van der Waals surface area (Å²) in [5.74, 6) is -0.0838. The second kappa shape index (κ2) is 10.5. The summed E-state index contributed by atoms with van der Waals surface area (Å²) >= 11 is 1.46. The van der Waals surface area contributed by atoms with Gasteiger partial charge in [-0.25, -0.2) is 4.98 Å². The molecule has 2 aliphatic heterocycles. The van der Waals surface area contributed by atoms with Crippen molar-refractivity contribution < 1.29 is 14.3 Å². The van der Waals surface area contributed by atoms with Gasteiger partial charge in [-0.2, -0.15) is 0 Å². The van der Waals surface area contributed by atoms with Crippen molar-refractivity contribution in [1.29, 1.82) is 0 Å². The molecule has 0 saturated carbocycles. The molecule has 2 N–H and O–H groups in total. The third-order valence-corrected chi connectivity index (χ3v) is 4.68. The van der Waals surface area contributed by atoms with Crippen LogP contribution in [0.3, 0.4) is 0 Å². The molecular formula is C14H24Cl2N4O3S. The minimum Gasteiger partial charge on any atom is -0.379 e. The number of ether oxygens (including phenoxy) is 2. The fourth-order valence-electron chi connectivity index (χ4n) is 2.64. The standard InChI is InChI=1S/C14H22N4O3S.2ClH/c1-10-12(15-2-5-21-10)13(19)17-14-16-11(9-22-14)8-18-3-6-20-7-4-18;;/h9-10,12,15H,2-8H2,1H3,(H,16,17,19);2*1H/t10-,12+;;/m1../s1. The van der Waals surface area contributed by atoms with Crippen LogP contribution in [0.15, 0.2) is 5.38 Å². The van der Waals surface area contributed by atoms with E-state index in [0.29, 0.717) is 18.3 Å². The van der Waals surface area contributed by atoms with Crippen LogP contribution in [-0.2, 0) is 20.8 Å². The highest BCUT2D eigenvalue weighted by Gasteiger charge is 2.28. The number of hydrogen-bond acceptors (Lipinski definition) is 7. The molecule has 1 aromatic heterocycles. The van der Waals surface area contributed by atoms with Crippen LogP contribution in [0, 0.1) is 0 Å². The first-order valence-corrected chi connectivity index (χ1v) is 8.51. The molecule has 2 saturated heterocycles. The Kier molecular flexibility index (Phi) is 9.43. The third kappa shape index (κ3) is 5.80. The van der Waals surface area contributed by atoms with E-state index in [1.165, 1.54) is 11.3 Å². The number of aromatic nitrogens is 1. The van der Waals surface area contributed by atoms with E-state index in [1.807, 2.05) is 12.3 Å². The summed E-state index contributed by atoms with van der Waals surface area (Å²) < 4.78 is 10.8. The van der Waals surface area contributed by atoms with E-state index >= 15 is 0 Å². The maximum Gasteiger partial charge on any atom is 0.245 e. The van der Waals surface area contributed by atoms with Gasteiger partial charge >= 0.3 is 0 Å². The quantitative estimate of drug-likeness (QED) is 0.791. The van der Waals surface area contributed by atoms with E-state index < -0.39 is 0 Å². The van der Waals surface area contributed by atoms with Gasteiger partial charge in [0.05, 0.1) is 31.6 Å². The molecule has 1 aromatic rings. The van der Waals surface area contributed by atoms with Crippen molar-refractivity contribution in [1.82, 2.24) is 15.2 Å². The Morgan fingerprint density at radius 3 is 2.88 bits per heavy atom. The Hall–Kier alpha value is -0.480. The number of nitrogens with zero attached hydrogens (tertiary/aromatic N) is 2. The van der Waals surface area contributed by atoms with Crippen LogP contribution in [0.2, 0.25) is 0 Å². The zero-order chi connectivity index (χ0) is 15.4. The van der Waals surface area contributed by atoms with Crippen molar-refractivity contribution in [3.63, 3.8) is 0 Å². The minimum atomic E-state index is -0.319. The van der Waals surface area contributed by atoms with Crippen molar-refractivity contribution >= 4 is 47.2 Å². The highest BCUT2D eigenvalue weighted by atomic mass is 35.5. The molecule has 0 spiro atoms. The molecule has 0 aliphatic carbocycles. The van der Waals surface area contributed by atoms with Gasteiger partial charge in [0.25, 0.3) is 0 Å². The molecule has 10 heteroatoms. The van der Waals surface area contributed by atoms with E-state index in [-0.39, 0.29) is 42.9 Å². The van der Waals surface area contributed by atoms with Crippen LogP contribution in [0.4, 0.5) is 5.13 Å². The van der Waals surface area contributed by atoms with Gasteiger partial charge < -0.3 is 20.1 Å². The van der Waals surface area contributed by atoms with Crippen molar-refractivity contribution in [3.05, 3.63) is 11.1 Å². The van der Waals surface area contributed by atoms with Crippen LogP contribution < -0.4 is 10.6 Å². The maximum atomic E-state index is 12.3. The van der Waals surface area contributed by atoms with Crippen molar-refractivity contribution in [2.75, 3.05) is 44.8 Å². The lowest BCUT2D eigenvalue weighted by Gasteiger charge is -2.28. The highest BCUT2D eigenvalue weighted by molar-refractivity contribution is 7.13. The minimum absolute atomic E-state index is 0. The third-order valence-electron chi connectivity index (χ3n) is 3.87. The largest absolute Gasteiger partial charge is 0.379 e. The van der Waals surface area contributed by atoms with Gasteiger partial charge in [-0.3, -0.25) is 9.69 Å². The van der Waals surface area contributed by atoms with Gasteiger partial charge in [0.2, 0.25) is 5.91 Å². The molecule has 1 amide bonds. The van der Waals surface area contributed by atoms with E-state index in [4.69, 9.17) is 9.47 Å². The Morgan fingerprint density at radius 1 is 1.42 bits per heavy atom. The fraction of sp³-hybridized carbons (Fsp3) is 0.714. The number of hydrogen-bond donors (Lipinski definition) is 2. The summed E-state index contributed by atoms with van der Waals surface area (Å²) in [6, 6.07) is -0.319. The summed E-state index contributed by atoms with van der Waals surface area (Å²) in [7, 11) is 0. The normalized spacial score (nSPS) is 24.5. The van der Waals surface area contributed by atoms with Crippen LogP contribution in [0.5, 0.6) is 0 Å². The summed E-state index contributed by atoms with van der Waals surface area (Å²) in [6.45, 7) is 7.46. The van der Waals surface area contributed by atoms with E-state index in [1.54, 1.807) is 0 Å². The molecule has 3 rings (SSSR count). The number of halogens is 2. The predicted molar refractivity (Wildman–Crippen MR) is 98.5 cm³/mol. The van der Waals surface area contributed by atoms with Crippen molar-refractivity contribution in [2.45, 2.75) is 25.6 Å². The second-order valence-electron chi connectivity index (χ2n) is 5.53. The predicted octanol–water partition coefficient (Wildman–Crippen LogP) is 1.13. The number of morpholine rings is 2. The molecule has 24 heavy (non-hydrogen) atoms. The molecule has 138 valence electrons. The fourth-order valence-corrected chi connectivity index (χ4v) is 3.34. The molecule has 2 fully saturated rings. The molecule has 0 bridgehead atoms. The molecule has 3 heterocycles. The molecular weight excluding hydrogens is 375 g/mol. The Labute approximate surface area is 158 Å². The summed E-state index contributed by atoms with van der Waals surface area (Å²) in [6.07, 6.45) is -0.124. The van der Waals surface area contributed by atoms with Crippen LogP contribution >= 0.6 is 36.2 Å². The first-order chi connectivity index (χ1) is 10.7. The van der Waals surface area contributed by atoms with Crippen molar-refractivity contribution in [2.24, 2.45) is 0 Å². The summed E-state index contributed by atoms with van der Waals surface area (Å²) in [5, 5.41) is 8.71. The number of rotatable bonds is 4. The molecule has 2 aliphatic rings. The van der Waals surface area contributed by atoms with Crippen LogP contribution in [-0.4, -0.2) is 67.4 Å². The maximum absolute atomic E-state index is 12.3. The lowest BCUT2D eigenvalue weighted by molar-refractivity contribution is -0.123. The van der Waals surface area contributed by atoms with Gasteiger partial charge in [-0.05, 0) is 6.92 Å². The molecule has 0 aromatic carbocycles. The first kappa shape index (κ1) is 21.6. The molecule has 7 nitrogen and oxygen atoms in total. The van der Waals surface area contributed by atoms with Gasteiger partial charge in [-0.15, -0.1) is 36.2 Å². The number of thiazole rings is 1. The van der Waals surface area contributed by atoms with Crippen molar-refractivity contribution in [3.8, 4) is 0 Å². The van der Waals surface area contributed by atoms with E-state index in [0.717, 1.165) is 38.5 Å². The van der Waals surface area contributed by atoms with Gasteiger partial charge in [0, 0.05) is 31.6 Å². The Morgan fingerprint density at radius 2 is 2.17 bits per heavy atom. The Bertz CT molecular complexity index is 514. The number of amides is 1. The molecule has 2 atom stereocenters. The van der Waals surface area contributed by atoms with Crippen LogP contribution in [0.25, 0.3) is 0 Å². The lowest BCUT2D eigenvalue weighted by Crippen LogP contribution is -2.53. The Balaban J connectivity index is 0.00000144. The highest BCUT2D eigenvalue weighted by Crippen LogP contribution is 2.18. The zero-order valence-electron chi connectivity index (χ0n) is 13.5. The zero-order valence-corrected chi connectivity index (χ0v) is 16.0. The SMILES string of the molecule is C[C@H]1OCCN[C@@H]1C(=O)Nc1nc(CN2CCOCC2)cs1.Cl.Cl. The number of carbonyl (C=O) groups excluding carboxylic acids is 1. The van der Waals surface area contributed by atoms with E-state index in [9.17, 15) is 4.79 Å². The topological polar surface area (TPSA) is 75.7 Å². The first-order valence-electron chi connectivity index (χ1n) is 7.63. The average Bonchev–Trinajstić information content (AvgIpc) is 2.95. The molecule has 0 unspecified atom stereocenters.